The minimum atomic E-state index is -1.32. The fraction of sp³-hybridized carbons (Fsp3) is 0.500. The molecule has 1 rings (SSSR count). The van der Waals surface area contributed by atoms with Gasteiger partial charge >= 0.3 is 12.2 Å². The molecule has 0 radical (unpaired) electrons. The topological polar surface area (TPSA) is 108 Å². The maximum Gasteiger partial charge on any atom is 0.424 e. The Balaban J connectivity index is 3.69. The molecule has 0 aliphatic carbocycles. The van der Waals surface area contributed by atoms with Gasteiger partial charge in [-0.25, -0.2) is 14.0 Å². The van der Waals surface area contributed by atoms with E-state index in [0.717, 1.165) is 12.1 Å². The number of hydrogen-bond donors (Lipinski definition) is 0. The Bertz CT molecular complexity index is 826. The van der Waals surface area contributed by atoms with Gasteiger partial charge in [0.15, 0.2) is 11.5 Å². The van der Waals surface area contributed by atoms with Gasteiger partial charge in [-0.2, -0.15) is 4.90 Å². The molecule has 2 amide bonds. The highest BCUT2D eigenvalue weighted by Crippen LogP contribution is 2.36. The summed E-state index contributed by atoms with van der Waals surface area (Å²) in [4.78, 5) is 36.3. The van der Waals surface area contributed by atoms with Crippen molar-refractivity contribution in [1.29, 1.82) is 0 Å². The Morgan fingerprint density at radius 1 is 1.10 bits per heavy atom. The third kappa shape index (κ3) is 6.71. The molecule has 30 heavy (non-hydrogen) atoms. The molecule has 166 valence electrons. The SMILES string of the molecule is C=C(OCC)c1cc(F)c(N(C(=O)OC(C)(C)C)C(=O)OC(C)(C)C)c([N+](=O)[O-])c1. The van der Waals surface area contributed by atoms with Gasteiger partial charge in [0, 0.05) is 11.6 Å². The van der Waals surface area contributed by atoms with Crippen molar-refractivity contribution in [2.45, 2.75) is 59.7 Å². The summed E-state index contributed by atoms with van der Waals surface area (Å²) in [6, 6.07) is 1.83. The molecule has 0 saturated heterocycles. The molecule has 10 heteroatoms. The van der Waals surface area contributed by atoms with Crippen molar-refractivity contribution in [1.82, 2.24) is 0 Å². The van der Waals surface area contributed by atoms with Gasteiger partial charge < -0.3 is 14.2 Å². The first-order valence-corrected chi connectivity index (χ1v) is 9.13. The standard InChI is InChI=1S/C20H27FN2O7/c1-9-28-12(2)13-10-14(21)16(15(11-13)23(26)27)22(17(24)29-19(3,4)5)18(25)30-20(6,7)8/h10-11H,2,9H2,1,3-8H3. The lowest BCUT2D eigenvalue weighted by Gasteiger charge is -2.28. The van der Waals surface area contributed by atoms with Crippen LogP contribution in [0.1, 0.15) is 54.0 Å². The number of rotatable bonds is 5. The third-order valence-corrected chi connectivity index (χ3v) is 3.26. The first-order chi connectivity index (χ1) is 13.6. The van der Waals surface area contributed by atoms with E-state index in [1.54, 1.807) is 6.92 Å². The number of benzene rings is 1. The predicted molar refractivity (Wildman–Crippen MR) is 109 cm³/mol. The number of anilines is 1. The molecule has 0 spiro atoms. The second-order valence-electron chi connectivity index (χ2n) is 8.24. The van der Waals surface area contributed by atoms with Gasteiger partial charge in [-0.1, -0.05) is 6.58 Å². The quantitative estimate of drug-likeness (QED) is 0.351. The summed E-state index contributed by atoms with van der Waals surface area (Å²) in [5, 5.41) is 11.7. The number of imide groups is 1. The highest BCUT2D eigenvalue weighted by Gasteiger charge is 2.39. The van der Waals surface area contributed by atoms with Crippen LogP contribution in [0.3, 0.4) is 0 Å². The average Bonchev–Trinajstić information content (AvgIpc) is 2.52. The monoisotopic (exact) mass is 426 g/mol. The Labute approximate surface area is 174 Å². The molecule has 0 unspecified atom stereocenters. The lowest BCUT2D eigenvalue weighted by molar-refractivity contribution is -0.384. The van der Waals surface area contributed by atoms with Crippen LogP contribution in [0.15, 0.2) is 18.7 Å². The number of ether oxygens (including phenoxy) is 3. The van der Waals surface area contributed by atoms with Crippen molar-refractivity contribution in [3.8, 4) is 0 Å². The normalized spacial score (nSPS) is 11.5. The van der Waals surface area contributed by atoms with Crippen LogP contribution in [0.25, 0.3) is 5.76 Å². The maximum absolute atomic E-state index is 15.0. The second kappa shape index (κ2) is 9.10. The van der Waals surface area contributed by atoms with E-state index in [0.29, 0.717) is 0 Å². The van der Waals surface area contributed by atoms with E-state index in [-0.39, 0.29) is 22.8 Å². The minimum Gasteiger partial charge on any atom is -0.494 e. The molecule has 0 heterocycles. The van der Waals surface area contributed by atoms with Crippen LogP contribution in [-0.4, -0.2) is 34.9 Å². The molecule has 0 aliphatic heterocycles. The van der Waals surface area contributed by atoms with Crippen LogP contribution in [-0.2, 0) is 14.2 Å². The van der Waals surface area contributed by atoms with Crippen LogP contribution >= 0.6 is 0 Å². The van der Waals surface area contributed by atoms with E-state index in [2.05, 4.69) is 6.58 Å². The molecule has 0 fully saturated rings. The number of amides is 2. The van der Waals surface area contributed by atoms with Gasteiger partial charge in [0.1, 0.15) is 17.0 Å². The van der Waals surface area contributed by atoms with Crippen molar-refractivity contribution in [3.05, 3.63) is 40.2 Å². The van der Waals surface area contributed by atoms with Crippen LogP contribution in [0.5, 0.6) is 0 Å². The highest BCUT2D eigenvalue weighted by molar-refractivity contribution is 6.11. The molecule has 1 aromatic carbocycles. The summed E-state index contributed by atoms with van der Waals surface area (Å²) in [6.07, 6.45) is -2.65. The second-order valence-corrected chi connectivity index (χ2v) is 8.24. The summed E-state index contributed by atoms with van der Waals surface area (Å²) < 4.78 is 30.5. The Hall–Kier alpha value is -3.17. The van der Waals surface area contributed by atoms with Crippen LogP contribution in [0.2, 0.25) is 0 Å². The lowest BCUT2D eigenvalue weighted by Crippen LogP contribution is -2.44. The summed E-state index contributed by atoms with van der Waals surface area (Å²) in [5.41, 5.74) is -3.91. The first-order valence-electron chi connectivity index (χ1n) is 9.13. The molecule has 0 atom stereocenters. The fourth-order valence-corrected chi connectivity index (χ4v) is 2.24. The zero-order chi connectivity index (χ0) is 23.4. The van der Waals surface area contributed by atoms with Crippen molar-refractivity contribution in [2.24, 2.45) is 0 Å². The van der Waals surface area contributed by atoms with Crippen LogP contribution < -0.4 is 4.90 Å². The largest absolute Gasteiger partial charge is 0.494 e. The smallest absolute Gasteiger partial charge is 0.424 e. The molecule has 0 aromatic heterocycles. The third-order valence-electron chi connectivity index (χ3n) is 3.26. The first kappa shape index (κ1) is 24.9. The molecule has 1 aromatic rings. The Morgan fingerprint density at radius 3 is 1.93 bits per heavy atom. The number of nitrogens with zero attached hydrogens (tertiary/aromatic N) is 2. The number of halogens is 1. The minimum absolute atomic E-state index is 0.00728. The van der Waals surface area contributed by atoms with E-state index in [1.165, 1.54) is 41.5 Å². The molecular formula is C20H27FN2O7. The zero-order valence-electron chi connectivity index (χ0n) is 18.2. The fourth-order valence-electron chi connectivity index (χ4n) is 2.24. The van der Waals surface area contributed by atoms with Crippen molar-refractivity contribution in [3.63, 3.8) is 0 Å². The molecule has 0 aliphatic rings. The Kier molecular flexibility index (Phi) is 7.54. The molecule has 0 N–H and O–H groups in total. The van der Waals surface area contributed by atoms with E-state index in [1.807, 2.05) is 0 Å². The maximum atomic E-state index is 15.0. The van der Waals surface area contributed by atoms with E-state index >= 15 is 4.39 Å². The number of hydrogen-bond acceptors (Lipinski definition) is 7. The number of carbonyl (C=O) groups is 2. The summed E-state index contributed by atoms with van der Waals surface area (Å²) in [5.74, 6) is -1.23. The van der Waals surface area contributed by atoms with Gasteiger partial charge in [0.05, 0.1) is 11.5 Å². The van der Waals surface area contributed by atoms with Crippen LogP contribution in [0.4, 0.5) is 25.4 Å². The highest BCUT2D eigenvalue weighted by atomic mass is 19.1. The number of carbonyl (C=O) groups excluding carboxylic acids is 2. The molecule has 9 nitrogen and oxygen atoms in total. The molecular weight excluding hydrogens is 399 g/mol. The summed E-state index contributed by atoms with van der Waals surface area (Å²) in [6.45, 7) is 14.6. The van der Waals surface area contributed by atoms with Crippen LogP contribution in [0, 0.1) is 15.9 Å². The van der Waals surface area contributed by atoms with Gasteiger partial charge in [0.25, 0.3) is 5.69 Å². The van der Waals surface area contributed by atoms with Crippen molar-refractivity contribution in [2.75, 3.05) is 11.5 Å². The van der Waals surface area contributed by atoms with Crippen molar-refractivity contribution >= 4 is 29.3 Å². The number of nitro benzene ring substituents is 1. The lowest BCUT2D eigenvalue weighted by atomic mass is 10.1. The molecule has 0 saturated carbocycles. The molecule has 0 bridgehead atoms. The van der Waals surface area contributed by atoms with Crippen molar-refractivity contribution < 1.29 is 33.1 Å². The summed E-state index contributed by atoms with van der Waals surface area (Å²) >= 11 is 0. The predicted octanol–water partition coefficient (Wildman–Crippen LogP) is 5.42. The van der Waals surface area contributed by atoms with E-state index in [4.69, 9.17) is 14.2 Å². The van der Waals surface area contributed by atoms with Gasteiger partial charge in [-0.3, -0.25) is 10.1 Å². The van der Waals surface area contributed by atoms with Gasteiger partial charge in [-0.15, -0.1) is 0 Å². The van der Waals surface area contributed by atoms with Gasteiger partial charge in [0.2, 0.25) is 0 Å². The average molecular weight is 426 g/mol. The van der Waals surface area contributed by atoms with E-state index < -0.39 is 45.5 Å². The Morgan fingerprint density at radius 2 is 1.57 bits per heavy atom. The summed E-state index contributed by atoms with van der Waals surface area (Å²) in [7, 11) is 0. The zero-order valence-corrected chi connectivity index (χ0v) is 18.2. The van der Waals surface area contributed by atoms with E-state index in [9.17, 15) is 19.7 Å². The van der Waals surface area contributed by atoms with Gasteiger partial charge in [-0.05, 0) is 54.5 Å². The number of nitro groups is 1.